The fourth-order valence-corrected chi connectivity index (χ4v) is 1.82. The van der Waals surface area contributed by atoms with E-state index in [1.54, 1.807) is 0 Å². The van der Waals surface area contributed by atoms with Crippen LogP contribution >= 0.6 is 0 Å². The first-order chi connectivity index (χ1) is 11.4. The Balaban J connectivity index is 0.000000463. The van der Waals surface area contributed by atoms with Crippen LogP contribution in [0, 0.1) is 0 Å². The van der Waals surface area contributed by atoms with E-state index < -0.39 is 67.9 Å². The Bertz CT molecular complexity index is 397. The normalized spacial score (nSPS) is 37.2. The van der Waals surface area contributed by atoms with E-state index in [4.69, 9.17) is 52.3 Å². The summed E-state index contributed by atoms with van der Waals surface area (Å²) in [5.41, 5.74) is 10.1. The highest BCUT2D eigenvalue weighted by atomic mass is 16.7. The number of rotatable bonds is 6. The van der Waals surface area contributed by atoms with E-state index in [1.807, 2.05) is 0 Å². The van der Waals surface area contributed by atoms with Crippen molar-refractivity contribution in [2.75, 3.05) is 13.2 Å². The first-order valence-electron chi connectivity index (χ1n) is 7.14. The number of ether oxygens (including phenoxy) is 1. The summed E-state index contributed by atoms with van der Waals surface area (Å²) in [5, 5.41) is 80.4. The first kappa shape index (κ1) is 24.2. The SMILES string of the molecule is NC1(O)O[C@H](CO)[C@@H](O)[C@H](O)[C@H]1O.N[C@@H](C=O)[C@@H](O)[C@H](O)[C@H](O)CO. The van der Waals surface area contributed by atoms with Gasteiger partial charge in [0, 0.05) is 0 Å². The van der Waals surface area contributed by atoms with Gasteiger partial charge in [-0.2, -0.15) is 0 Å². The number of aliphatic hydroxyl groups is 9. The van der Waals surface area contributed by atoms with Crippen molar-refractivity contribution in [3.8, 4) is 0 Å². The minimum absolute atomic E-state index is 0.248. The molecule has 150 valence electrons. The maximum absolute atomic E-state index is 10.0. The number of carbonyl (C=O) groups excluding carboxylic acids is 1. The Morgan fingerprint density at radius 1 is 1.08 bits per heavy atom. The summed E-state index contributed by atoms with van der Waals surface area (Å²) in [4.78, 5) is 10.0. The predicted octanol–water partition coefficient (Wildman–Crippen LogP) is -7.35. The summed E-state index contributed by atoms with van der Waals surface area (Å²) in [6.45, 7) is -1.33. The largest absolute Gasteiger partial charge is 0.394 e. The second-order valence-electron chi connectivity index (χ2n) is 5.46. The van der Waals surface area contributed by atoms with Crippen LogP contribution in [0.15, 0.2) is 0 Å². The highest BCUT2D eigenvalue weighted by molar-refractivity contribution is 5.58. The zero-order valence-electron chi connectivity index (χ0n) is 13.1. The van der Waals surface area contributed by atoms with Crippen molar-refractivity contribution in [3.63, 3.8) is 0 Å². The van der Waals surface area contributed by atoms with Crippen LogP contribution in [0.1, 0.15) is 0 Å². The molecule has 25 heavy (non-hydrogen) atoms. The lowest BCUT2D eigenvalue weighted by Gasteiger charge is -2.42. The molecule has 0 aliphatic carbocycles. The third-order valence-electron chi connectivity index (χ3n) is 3.48. The first-order valence-corrected chi connectivity index (χ1v) is 7.14. The van der Waals surface area contributed by atoms with Crippen LogP contribution in [0.3, 0.4) is 0 Å². The van der Waals surface area contributed by atoms with Gasteiger partial charge in [0.25, 0.3) is 5.91 Å². The van der Waals surface area contributed by atoms with Gasteiger partial charge >= 0.3 is 0 Å². The second-order valence-corrected chi connectivity index (χ2v) is 5.46. The van der Waals surface area contributed by atoms with Gasteiger partial charge < -0.3 is 61.2 Å². The molecule has 0 aromatic rings. The number of aliphatic hydroxyl groups excluding tert-OH is 8. The Hall–Kier alpha value is -0.810. The Kier molecular flexibility index (Phi) is 10.0. The number of aldehydes is 1. The van der Waals surface area contributed by atoms with E-state index in [9.17, 15) is 9.90 Å². The molecule has 0 radical (unpaired) electrons. The van der Waals surface area contributed by atoms with Gasteiger partial charge in [-0.1, -0.05) is 0 Å². The Labute approximate surface area is 142 Å². The van der Waals surface area contributed by atoms with E-state index in [0.717, 1.165) is 0 Å². The molecule has 1 saturated heterocycles. The van der Waals surface area contributed by atoms with Crippen molar-refractivity contribution in [2.45, 2.75) is 54.7 Å². The maximum atomic E-state index is 10.0. The van der Waals surface area contributed by atoms with E-state index in [0.29, 0.717) is 0 Å². The van der Waals surface area contributed by atoms with Gasteiger partial charge in [0.15, 0.2) is 6.10 Å². The summed E-state index contributed by atoms with van der Waals surface area (Å²) in [7, 11) is 0. The van der Waals surface area contributed by atoms with Gasteiger partial charge in [0.2, 0.25) is 0 Å². The molecule has 0 amide bonds. The molecule has 1 fully saturated rings. The third-order valence-corrected chi connectivity index (χ3v) is 3.48. The molecule has 0 saturated carbocycles. The lowest BCUT2D eigenvalue weighted by atomic mass is 9.97. The van der Waals surface area contributed by atoms with Crippen molar-refractivity contribution >= 4 is 6.29 Å². The van der Waals surface area contributed by atoms with Crippen LogP contribution in [-0.4, -0.2) is 120 Å². The van der Waals surface area contributed by atoms with Crippen LogP contribution < -0.4 is 11.5 Å². The molecule has 1 rings (SSSR count). The number of carbonyl (C=O) groups is 1. The summed E-state index contributed by atoms with van der Waals surface area (Å²) in [6.07, 6.45) is -10.6. The van der Waals surface area contributed by atoms with Crippen LogP contribution in [0.4, 0.5) is 0 Å². The van der Waals surface area contributed by atoms with Gasteiger partial charge in [-0.3, -0.25) is 5.73 Å². The van der Waals surface area contributed by atoms with E-state index >= 15 is 0 Å². The zero-order chi connectivity index (χ0) is 19.9. The average molecular weight is 374 g/mol. The van der Waals surface area contributed by atoms with Crippen molar-refractivity contribution in [2.24, 2.45) is 11.5 Å². The molecule has 0 bridgehead atoms. The molecule has 9 atom stereocenters. The predicted molar refractivity (Wildman–Crippen MR) is 78.3 cm³/mol. The standard InChI is InChI=1S/C6H13NO6.C6H13NO5/c7-6(12)5(11)4(10)3(9)2(1-8)13-6;7-3(1-8)5(11)6(12)4(10)2-9/h2-5,8-12H,1,7H2;1,3-6,9-12H,2,7H2/t2-,3-,4+,5-,6?;3-,4+,5+,6+/m10/s1. The van der Waals surface area contributed by atoms with Gasteiger partial charge in [-0.25, -0.2) is 0 Å². The molecule has 13 heteroatoms. The smallest absolute Gasteiger partial charge is 0.252 e. The zero-order valence-corrected chi connectivity index (χ0v) is 13.1. The molecule has 0 aromatic carbocycles. The van der Waals surface area contributed by atoms with E-state index in [-0.39, 0.29) is 6.29 Å². The number of hydrogen-bond acceptors (Lipinski definition) is 13. The molecular formula is C12H26N2O11. The number of hydrogen-bond donors (Lipinski definition) is 11. The molecule has 1 heterocycles. The van der Waals surface area contributed by atoms with Crippen LogP contribution in [0.2, 0.25) is 0 Å². The monoisotopic (exact) mass is 374 g/mol. The third kappa shape index (κ3) is 6.45. The topological polar surface area (TPSA) is 260 Å². The van der Waals surface area contributed by atoms with Gasteiger partial charge in [-0.05, 0) is 0 Å². The van der Waals surface area contributed by atoms with Crippen LogP contribution in [-0.2, 0) is 9.53 Å². The molecule has 0 aromatic heterocycles. The molecular weight excluding hydrogens is 348 g/mol. The Morgan fingerprint density at radius 3 is 2.00 bits per heavy atom. The Morgan fingerprint density at radius 2 is 1.60 bits per heavy atom. The van der Waals surface area contributed by atoms with E-state index in [2.05, 4.69) is 4.74 Å². The average Bonchev–Trinajstić information content (AvgIpc) is 2.60. The summed E-state index contributed by atoms with van der Waals surface area (Å²) >= 11 is 0. The van der Waals surface area contributed by atoms with Crippen molar-refractivity contribution in [3.05, 3.63) is 0 Å². The van der Waals surface area contributed by atoms with Crippen LogP contribution in [0.5, 0.6) is 0 Å². The number of nitrogens with two attached hydrogens (primary N) is 2. The summed E-state index contributed by atoms with van der Waals surface area (Å²) in [6, 6.07) is -1.26. The minimum Gasteiger partial charge on any atom is -0.394 e. The molecule has 13 nitrogen and oxygen atoms in total. The molecule has 13 N–H and O–H groups in total. The summed E-state index contributed by atoms with van der Waals surface area (Å²) < 4.78 is 4.54. The van der Waals surface area contributed by atoms with Crippen molar-refractivity contribution in [1.82, 2.24) is 0 Å². The summed E-state index contributed by atoms with van der Waals surface area (Å²) in [5.74, 6) is -2.45. The van der Waals surface area contributed by atoms with Crippen LogP contribution in [0.25, 0.3) is 0 Å². The fourth-order valence-electron chi connectivity index (χ4n) is 1.82. The molecule has 0 spiro atoms. The van der Waals surface area contributed by atoms with E-state index in [1.165, 1.54) is 0 Å². The molecule has 1 aliphatic rings. The van der Waals surface area contributed by atoms with Crippen molar-refractivity contribution in [1.29, 1.82) is 0 Å². The second kappa shape index (κ2) is 10.4. The molecule has 1 unspecified atom stereocenters. The lowest BCUT2D eigenvalue weighted by molar-refractivity contribution is -0.346. The minimum atomic E-state index is -2.45. The lowest BCUT2D eigenvalue weighted by Crippen LogP contribution is -2.69. The van der Waals surface area contributed by atoms with Gasteiger partial charge in [0.1, 0.15) is 42.9 Å². The highest BCUT2D eigenvalue weighted by Gasteiger charge is 2.50. The maximum Gasteiger partial charge on any atom is 0.252 e. The van der Waals surface area contributed by atoms with Crippen molar-refractivity contribution < 1.29 is 55.5 Å². The molecule has 1 aliphatic heterocycles. The fraction of sp³-hybridized carbons (Fsp3) is 0.917. The highest BCUT2D eigenvalue weighted by Crippen LogP contribution is 2.23. The van der Waals surface area contributed by atoms with Gasteiger partial charge in [0.05, 0.1) is 19.3 Å². The van der Waals surface area contributed by atoms with Gasteiger partial charge in [-0.15, -0.1) is 0 Å². The quantitative estimate of drug-likeness (QED) is 0.153.